The molecule has 2 aromatic rings. The Morgan fingerprint density at radius 2 is 2.41 bits per heavy atom. The van der Waals surface area contributed by atoms with Crippen molar-refractivity contribution in [2.24, 2.45) is 0 Å². The highest BCUT2D eigenvalue weighted by atomic mass is 35.5. The van der Waals surface area contributed by atoms with Gasteiger partial charge in [0, 0.05) is 18.8 Å². The zero-order valence-corrected chi connectivity index (χ0v) is 10.9. The van der Waals surface area contributed by atoms with Crippen LogP contribution in [-0.4, -0.2) is 27.6 Å². The van der Waals surface area contributed by atoms with Crippen LogP contribution in [0.25, 0.3) is 5.13 Å². The fraction of sp³-hybridized carbons (Fsp3) is 0.300. The van der Waals surface area contributed by atoms with Crippen LogP contribution in [0.1, 0.15) is 22.4 Å². The third kappa shape index (κ3) is 2.18. The van der Waals surface area contributed by atoms with E-state index in [9.17, 15) is 4.79 Å². The number of rotatable bonds is 3. The fourth-order valence-corrected chi connectivity index (χ4v) is 2.59. The Bertz CT molecular complexity index is 549. The smallest absolute Gasteiger partial charge is 0.351 e. The maximum Gasteiger partial charge on any atom is 0.351 e. The van der Waals surface area contributed by atoms with Gasteiger partial charge in [-0.05, 0) is 0 Å². The zero-order valence-electron chi connectivity index (χ0n) is 9.31. The summed E-state index contributed by atoms with van der Waals surface area (Å²) in [5.41, 5.74) is 0. The van der Waals surface area contributed by atoms with E-state index in [1.165, 1.54) is 18.4 Å². The number of aryl methyl sites for hydroxylation is 1. The molecule has 0 aliphatic heterocycles. The van der Waals surface area contributed by atoms with Crippen molar-refractivity contribution in [3.63, 3.8) is 0 Å². The third-order valence-electron chi connectivity index (χ3n) is 2.18. The van der Waals surface area contributed by atoms with Crippen LogP contribution in [0.5, 0.6) is 0 Å². The Hall–Kier alpha value is -1.40. The first kappa shape index (κ1) is 12.1. The zero-order chi connectivity index (χ0) is 12.4. The Labute approximate surface area is 107 Å². The molecule has 2 rings (SSSR count). The summed E-state index contributed by atoms with van der Waals surface area (Å²) in [6.45, 7) is 2.00. The molecule has 0 N–H and O–H groups in total. The average Bonchev–Trinajstić information content (AvgIpc) is 2.93. The van der Waals surface area contributed by atoms with Gasteiger partial charge in [0.15, 0.2) is 15.2 Å². The highest BCUT2D eigenvalue weighted by Gasteiger charge is 2.18. The van der Waals surface area contributed by atoms with E-state index in [0.29, 0.717) is 10.0 Å². The van der Waals surface area contributed by atoms with Gasteiger partial charge in [-0.3, -0.25) is 4.57 Å². The minimum atomic E-state index is -0.475. The van der Waals surface area contributed by atoms with E-state index in [0.717, 1.165) is 12.2 Å². The second-order valence-electron chi connectivity index (χ2n) is 3.17. The number of carbonyl (C=O) groups excluding carboxylic acids is 1. The van der Waals surface area contributed by atoms with Crippen LogP contribution >= 0.6 is 22.9 Å². The molecular formula is C10H10ClN3O2S. The van der Waals surface area contributed by atoms with Crippen LogP contribution in [0.3, 0.4) is 0 Å². The highest BCUT2D eigenvalue weighted by molar-refractivity contribution is 7.16. The number of halogens is 1. The lowest BCUT2D eigenvalue weighted by Crippen LogP contribution is -1.98. The molecule has 0 atom stereocenters. The van der Waals surface area contributed by atoms with Gasteiger partial charge in [-0.25, -0.2) is 14.8 Å². The maximum atomic E-state index is 11.4. The molecule has 0 fully saturated rings. The van der Waals surface area contributed by atoms with Crippen LogP contribution in [-0.2, 0) is 11.2 Å². The molecule has 2 aromatic heterocycles. The Morgan fingerprint density at radius 1 is 1.65 bits per heavy atom. The fourth-order valence-electron chi connectivity index (χ4n) is 1.38. The molecule has 0 saturated heterocycles. The molecule has 0 unspecified atom stereocenters. The van der Waals surface area contributed by atoms with Gasteiger partial charge in [0.2, 0.25) is 0 Å². The molecule has 17 heavy (non-hydrogen) atoms. The molecule has 0 aromatic carbocycles. The molecular weight excluding hydrogens is 262 g/mol. The number of ether oxygens (including phenoxy) is 1. The lowest BCUT2D eigenvalue weighted by Gasteiger charge is -1.99. The number of thiazole rings is 1. The summed E-state index contributed by atoms with van der Waals surface area (Å²) in [6.07, 6.45) is 4.25. The van der Waals surface area contributed by atoms with Crippen molar-refractivity contribution in [2.45, 2.75) is 13.3 Å². The largest absolute Gasteiger partial charge is 0.465 e. The number of carbonyl (C=O) groups is 1. The summed E-state index contributed by atoms with van der Waals surface area (Å²) in [6, 6.07) is 0. The van der Waals surface area contributed by atoms with Gasteiger partial charge in [0.05, 0.1) is 7.11 Å². The van der Waals surface area contributed by atoms with E-state index >= 15 is 0 Å². The second kappa shape index (κ2) is 4.85. The molecule has 90 valence electrons. The lowest BCUT2D eigenvalue weighted by atomic mass is 10.5. The van der Waals surface area contributed by atoms with Gasteiger partial charge in [-0.1, -0.05) is 29.9 Å². The minimum Gasteiger partial charge on any atom is -0.465 e. The molecule has 0 spiro atoms. The van der Waals surface area contributed by atoms with Gasteiger partial charge >= 0.3 is 5.97 Å². The van der Waals surface area contributed by atoms with Crippen molar-refractivity contribution in [3.05, 3.63) is 28.2 Å². The quantitative estimate of drug-likeness (QED) is 0.804. The highest BCUT2D eigenvalue weighted by Crippen LogP contribution is 2.27. The number of imidazole rings is 1. The predicted molar refractivity (Wildman–Crippen MR) is 65.0 cm³/mol. The summed E-state index contributed by atoms with van der Waals surface area (Å²) in [7, 11) is 1.31. The summed E-state index contributed by atoms with van der Waals surface area (Å²) in [5.74, 6) is 0.392. The summed E-state index contributed by atoms with van der Waals surface area (Å²) >= 11 is 7.08. The molecule has 2 heterocycles. The first-order valence-electron chi connectivity index (χ1n) is 4.94. The van der Waals surface area contributed by atoms with Gasteiger partial charge in [-0.15, -0.1) is 0 Å². The molecule has 0 radical (unpaired) electrons. The van der Waals surface area contributed by atoms with E-state index in [4.69, 9.17) is 11.6 Å². The van der Waals surface area contributed by atoms with Crippen molar-refractivity contribution < 1.29 is 9.53 Å². The van der Waals surface area contributed by atoms with Crippen LogP contribution in [0, 0.1) is 0 Å². The van der Waals surface area contributed by atoms with Crippen molar-refractivity contribution in [1.29, 1.82) is 0 Å². The number of esters is 1. The average molecular weight is 272 g/mol. The monoisotopic (exact) mass is 271 g/mol. The summed E-state index contributed by atoms with van der Waals surface area (Å²) in [5, 5.41) is 0.775. The first-order valence-corrected chi connectivity index (χ1v) is 6.14. The van der Waals surface area contributed by atoms with Crippen LogP contribution in [0.2, 0.25) is 5.15 Å². The third-order valence-corrected chi connectivity index (χ3v) is 3.61. The number of hydrogen-bond acceptors (Lipinski definition) is 5. The van der Waals surface area contributed by atoms with Crippen molar-refractivity contribution in [2.75, 3.05) is 7.11 Å². The lowest BCUT2D eigenvalue weighted by molar-refractivity contribution is 0.0606. The van der Waals surface area contributed by atoms with E-state index in [-0.39, 0.29) is 5.15 Å². The minimum absolute atomic E-state index is 0.160. The Morgan fingerprint density at radius 3 is 3.06 bits per heavy atom. The normalized spacial score (nSPS) is 10.5. The molecule has 0 saturated carbocycles. The van der Waals surface area contributed by atoms with Gasteiger partial charge in [0.25, 0.3) is 0 Å². The van der Waals surface area contributed by atoms with Gasteiger partial charge < -0.3 is 4.74 Å². The Balaban J connectivity index is 2.44. The van der Waals surface area contributed by atoms with Crippen molar-refractivity contribution >= 4 is 28.9 Å². The number of methoxy groups -OCH3 is 1. The maximum absolute atomic E-state index is 11.4. The summed E-state index contributed by atoms with van der Waals surface area (Å²) in [4.78, 5) is 20.0. The van der Waals surface area contributed by atoms with Crippen LogP contribution < -0.4 is 0 Å². The topological polar surface area (TPSA) is 57.0 Å². The van der Waals surface area contributed by atoms with Crippen LogP contribution in [0.15, 0.2) is 12.4 Å². The van der Waals surface area contributed by atoms with Gasteiger partial charge in [-0.2, -0.15) is 0 Å². The predicted octanol–water partition coefficient (Wildman–Crippen LogP) is 2.33. The van der Waals surface area contributed by atoms with Crippen LogP contribution in [0.4, 0.5) is 0 Å². The van der Waals surface area contributed by atoms with Gasteiger partial charge in [0.1, 0.15) is 5.82 Å². The number of hydrogen-bond donors (Lipinski definition) is 0. The molecule has 0 bridgehead atoms. The molecule has 7 heteroatoms. The molecule has 0 aliphatic carbocycles. The van der Waals surface area contributed by atoms with E-state index in [1.54, 1.807) is 12.4 Å². The second-order valence-corrected chi connectivity index (χ2v) is 4.51. The number of nitrogens with zero attached hydrogens (tertiary/aromatic N) is 3. The first-order chi connectivity index (χ1) is 8.17. The summed E-state index contributed by atoms with van der Waals surface area (Å²) < 4.78 is 6.44. The standard InChI is InChI=1S/C10H10ClN3O2S/c1-3-6-12-4-5-14(6)10-13-8(11)7(17-10)9(15)16-2/h4-5H,3H2,1-2H3. The van der Waals surface area contributed by atoms with E-state index in [1.807, 2.05) is 11.5 Å². The van der Waals surface area contributed by atoms with E-state index < -0.39 is 5.97 Å². The molecule has 0 aliphatic rings. The number of aromatic nitrogens is 3. The molecule has 0 amide bonds. The SMILES string of the molecule is CCc1nccn1-c1nc(Cl)c(C(=O)OC)s1. The van der Waals surface area contributed by atoms with E-state index in [2.05, 4.69) is 14.7 Å². The Kier molecular flexibility index (Phi) is 3.44. The van der Waals surface area contributed by atoms with Crippen molar-refractivity contribution in [1.82, 2.24) is 14.5 Å². The van der Waals surface area contributed by atoms with Crippen molar-refractivity contribution in [3.8, 4) is 5.13 Å². The molecule has 5 nitrogen and oxygen atoms in total.